The van der Waals surface area contributed by atoms with Crippen LogP contribution in [0.2, 0.25) is 0 Å². The minimum absolute atomic E-state index is 0.0235. The Morgan fingerprint density at radius 1 is 0.971 bits per heavy atom. The number of rotatable bonds is 7. The van der Waals surface area contributed by atoms with Crippen LogP contribution in [0.5, 0.6) is 5.75 Å². The third-order valence-corrected chi connectivity index (χ3v) is 5.94. The van der Waals surface area contributed by atoms with Crippen molar-refractivity contribution in [1.82, 2.24) is 4.98 Å². The zero-order chi connectivity index (χ0) is 24.9. The number of ether oxygens (including phenoxy) is 1. The van der Waals surface area contributed by atoms with Crippen LogP contribution < -0.4 is 15.4 Å². The van der Waals surface area contributed by atoms with E-state index in [1.807, 2.05) is 0 Å². The van der Waals surface area contributed by atoms with E-state index in [9.17, 15) is 31.2 Å². The van der Waals surface area contributed by atoms with Gasteiger partial charge < -0.3 is 15.4 Å². The van der Waals surface area contributed by atoms with E-state index in [1.165, 1.54) is 30.6 Å². The molecule has 0 saturated heterocycles. The SMILES string of the molecule is CCOc1ccccc1C(=O)Nc1cnccc1C(=O)Nc1cccc(S(=O)(=O)C(F)(F)F)c1. The molecule has 34 heavy (non-hydrogen) atoms. The van der Waals surface area contributed by atoms with Crippen LogP contribution in [0, 0.1) is 0 Å². The number of halogens is 3. The molecule has 0 radical (unpaired) electrons. The van der Waals surface area contributed by atoms with E-state index < -0.39 is 32.1 Å². The molecule has 0 aliphatic rings. The molecule has 2 amide bonds. The van der Waals surface area contributed by atoms with Crippen LogP contribution in [0.25, 0.3) is 0 Å². The fourth-order valence-electron chi connectivity index (χ4n) is 2.89. The molecular formula is C22H18F3N3O5S. The van der Waals surface area contributed by atoms with Crippen molar-refractivity contribution in [3.63, 3.8) is 0 Å². The summed E-state index contributed by atoms with van der Waals surface area (Å²) >= 11 is 0. The molecule has 0 atom stereocenters. The molecule has 0 spiro atoms. The Labute approximate surface area is 192 Å². The van der Waals surface area contributed by atoms with Crippen LogP contribution >= 0.6 is 0 Å². The maximum absolute atomic E-state index is 12.8. The molecular weight excluding hydrogens is 475 g/mol. The standard InChI is InChI=1S/C22H18F3N3O5S/c1-2-33-19-9-4-3-8-17(19)21(30)28-18-13-26-11-10-16(18)20(29)27-14-6-5-7-15(12-14)34(31,32)22(23,24)25/h3-13H,2H2,1H3,(H,27,29)(H,28,30). The molecule has 1 aromatic heterocycles. The Morgan fingerprint density at radius 3 is 2.38 bits per heavy atom. The van der Waals surface area contributed by atoms with Gasteiger partial charge in [0.2, 0.25) is 0 Å². The second-order valence-electron chi connectivity index (χ2n) is 6.74. The molecule has 0 fully saturated rings. The molecule has 0 saturated carbocycles. The van der Waals surface area contributed by atoms with Gasteiger partial charge >= 0.3 is 5.51 Å². The zero-order valence-electron chi connectivity index (χ0n) is 17.6. The first kappa shape index (κ1) is 24.7. The van der Waals surface area contributed by atoms with Gasteiger partial charge in [0.1, 0.15) is 5.75 Å². The number of benzene rings is 2. The van der Waals surface area contributed by atoms with Gasteiger partial charge in [0, 0.05) is 11.9 Å². The van der Waals surface area contributed by atoms with Gasteiger partial charge in [-0.3, -0.25) is 14.6 Å². The monoisotopic (exact) mass is 493 g/mol. The lowest BCUT2D eigenvalue weighted by molar-refractivity contribution is -0.0436. The Hall–Kier alpha value is -3.93. The molecule has 0 unspecified atom stereocenters. The Morgan fingerprint density at radius 2 is 1.68 bits per heavy atom. The van der Waals surface area contributed by atoms with Crippen molar-refractivity contribution in [1.29, 1.82) is 0 Å². The summed E-state index contributed by atoms with van der Waals surface area (Å²) in [4.78, 5) is 28.4. The van der Waals surface area contributed by atoms with Gasteiger partial charge in [-0.1, -0.05) is 18.2 Å². The van der Waals surface area contributed by atoms with E-state index in [2.05, 4.69) is 15.6 Å². The zero-order valence-corrected chi connectivity index (χ0v) is 18.4. The molecule has 0 bridgehead atoms. The van der Waals surface area contributed by atoms with Crippen LogP contribution in [0.15, 0.2) is 71.9 Å². The van der Waals surface area contributed by atoms with E-state index in [0.717, 1.165) is 12.1 Å². The number of para-hydroxylation sites is 1. The van der Waals surface area contributed by atoms with Gasteiger partial charge in [0.05, 0.1) is 34.5 Å². The number of anilines is 2. The number of alkyl halides is 3. The molecule has 3 rings (SSSR count). The highest BCUT2D eigenvalue weighted by Gasteiger charge is 2.46. The van der Waals surface area contributed by atoms with Gasteiger partial charge in [-0.15, -0.1) is 0 Å². The molecule has 3 aromatic rings. The van der Waals surface area contributed by atoms with Crippen LogP contribution in [-0.2, 0) is 9.84 Å². The Bertz CT molecular complexity index is 1330. The molecule has 8 nitrogen and oxygen atoms in total. The molecule has 0 aliphatic heterocycles. The van der Waals surface area contributed by atoms with Crippen LogP contribution in [0.4, 0.5) is 24.5 Å². The summed E-state index contributed by atoms with van der Waals surface area (Å²) in [5.74, 6) is -1.05. The van der Waals surface area contributed by atoms with E-state index in [-0.39, 0.29) is 22.5 Å². The van der Waals surface area contributed by atoms with Crippen LogP contribution in [0.1, 0.15) is 27.6 Å². The summed E-state index contributed by atoms with van der Waals surface area (Å²) in [6.07, 6.45) is 2.50. The van der Waals surface area contributed by atoms with Crippen molar-refractivity contribution in [3.8, 4) is 5.75 Å². The van der Waals surface area contributed by atoms with Crippen molar-refractivity contribution < 1.29 is 35.9 Å². The fraction of sp³-hybridized carbons (Fsp3) is 0.136. The molecule has 2 aromatic carbocycles. The van der Waals surface area contributed by atoms with Gasteiger partial charge in [-0.05, 0) is 43.3 Å². The summed E-state index contributed by atoms with van der Waals surface area (Å²) in [6, 6.07) is 11.5. The van der Waals surface area contributed by atoms with E-state index in [0.29, 0.717) is 18.4 Å². The number of carbonyl (C=O) groups excluding carboxylic acids is 2. The molecule has 2 N–H and O–H groups in total. The minimum Gasteiger partial charge on any atom is -0.493 e. The number of hydrogen-bond acceptors (Lipinski definition) is 6. The van der Waals surface area contributed by atoms with Crippen molar-refractivity contribution in [2.24, 2.45) is 0 Å². The summed E-state index contributed by atoms with van der Waals surface area (Å²) in [6.45, 7) is 2.08. The number of pyridine rings is 1. The normalized spacial score (nSPS) is 11.5. The summed E-state index contributed by atoms with van der Waals surface area (Å²) in [5, 5.41) is 4.89. The second kappa shape index (κ2) is 9.91. The first-order valence-corrected chi connectivity index (χ1v) is 11.2. The number of amides is 2. The van der Waals surface area contributed by atoms with Crippen molar-refractivity contribution in [2.75, 3.05) is 17.2 Å². The maximum Gasteiger partial charge on any atom is 0.501 e. The maximum atomic E-state index is 12.8. The smallest absolute Gasteiger partial charge is 0.493 e. The minimum atomic E-state index is -5.59. The third-order valence-electron chi connectivity index (χ3n) is 4.45. The number of hydrogen-bond donors (Lipinski definition) is 2. The highest BCUT2D eigenvalue weighted by molar-refractivity contribution is 7.92. The highest BCUT2D eigenvalue weighted by atomic mass is 32.2. The van der Waals surface area contributed by atoms with Gasteiger partial charge in [0.15, 0.2) is 0 Å². The predicted octanol–water partition coefficient (Wildman–Crippen LogP) is 4.28. The molecule has 12 heteroatoms. The van der Waals surface area contributed by atoms with Gasteiger partial charge in [-0.25, -0.2) is 8.42 Å². The lowest BCUT2D eigenvalue weighted by atomic mass is 10.1. The highest BCUT2D eigenvalue weighted by Crippen LogP contribution is 2.31. The lowest BCUT2D eigenvalue weighted by Crippen LogP contribution is -2.23. The summed E-state index contributed by atoms with van der Waals surface area (Å²) in [5.41, 5.74) is -5.50. The van der Waals surface area contributed by atoms with Crippen molar-refractivity contribution in [2.45, 2.75) is 17.3 Å². The number of nitrogens with one attached hydrogen (secondary N) is 2. The van der Waals surface area contributed by atoms with E-state index in [4.69, 9.17) is 4.74 Å². The summed E-state index contributed by atoms with van der Waals surface area (Å²) in [7, 11) is -5.59. The van der Waals surface area contributed by atoms with Crippen molar-refractivity contribution >= 4 is 33.0 Å². The average molecular weight is 493 g/mol. The van der Waals surface area contributed by atoms with Crippen LogP contribution in [-0.4, -0.2) is 37.3 Å². The molecule has 178 valence electrons. The topological polar surface area (TPSA) is 114 Å². The number of nitrogens with zero attached hydrogens (tertiary/aromatic N) is 1. The largest absolute Gasteiger partial charge is 0.501 e. The summed E-state index contributed by atoms with van der Waals surface area (Å²) < 4.78 is 67.2. The predicted molar refractivity (Wildman–Crippen MR) is 117 cm³/mol. The van der Waals surface area contributed by atoms with Gasteiger partial charge in [-0.2, -0.15) is 13.2 Å². The third kappa shape index (κ3) is 5.34. The lowest BCUT2D eigenvalue weighted by Gasteiger charge is -2.14. The fourth-order valence-corrected chi connectivity index (χ4v) is 3.70. The number of carbonyl (C=O) groups is 2. The Balaban J connectivity index is 1.85. The first-order chi connectivity index (χ1) is 16.0. The number of aromatic nitrogens is 1. The first-order valence-electron chi connectivity index (χ1n) is 9.74. The van der Waals surface area contributed by atoms with E-state index >= 15 is 0 Å². The molecule has 1 heterocycles. The Kier molecular flexibility index (Phi) is 7.20. The van der Waals surface area contributed by atoms with Crippen LogP contribution in [0.3, 0.4) is 0 Å². The number of sulfone groups is 1. The van der Waals surface area contributed by atoms with Crippen molar-refractivity contribution in [3.05, 3.63) is 78.1 Å². The average Bonchev–Trinajstić information content (AvgIpc) is 2.79. The van der Waals surface area contributed by atoms with E-state index in [1.54, 1.807) is 25.1 Å². The second-order valence-corrected chi connectivity index (χ2v) is 8.68. The van der Waals surface area contributed by atoms with Gasteiger partial charge in [0.25, 0.3) is 21.7 Å². The quantitative estimate of drug-likeness (QED) is 0.508. The molecule has 0 aliphatic carbocycles.